The number of pyridine rings is 1. The van der Waals surface area contributed by atoms with Gasteiger partial charge in [0.25, 0.3) is 10.0 Å². The molecule has 1 N–H and O–H groups in total. The van der Waals surface area contributed by atoms with E-state index in [1.54, 1.807) is 37.3 Å². The number of rotatable bonds is 3. The van der Waals surface area contributed by atoms with Crippen LogP contribution in [0.2, 0.25) is 0 Å². The summed E-state index contributed by atoms with van der Waals surface area (Å²) in [7, 11) is -3.61. The summed E-state index contributed by atoms with van der Waals surface area (Å²) in [4.78, 5) is 4.43. The monoisotopic (exact) mass is 354 g/mol. The van der Waals surface area contributed by atoms with E-state index in [1.807, 2.05) is 13.8 Å². The molecule has 1 aromatic heterocycles. The molecule has 1 aromatic carbocycles. The first-order valence-corrected chi connectivity index (χ1v) is 8.30. The molecular weight excluding hydrogens is 340 g/mol. The Morgan fingerprint density at radius 1 is 1.05 bits per heavy atom. The molecule has 2 rings (SSSR count). The normalized spacial score (nSPS) is 11.4. The summed E-state index contributed by atoms with van der Waals surface area (Å²) in [5.41, 5.74) is 2.72. The molecule has 2 aromatic rings. The van der Waals surface area contributed by atoms with Crippen molar-refractivity contribution in [2.75, 3.05) is 4.72 Å². The summed E-state index contributed by atoms with van der Waals surface area (Å²) >= 11 is 3.33. The molecule has 0 aliphatic carbocycles. The first kappa shape index (κ1) is 15.0. The van der Waals surface area contributed by atoms with Crippen LogP contribution >= 0.6 is 15.9 Å². The second-order valence-corrected chi connectivity index (χ2v) is 7.15. The molecule has 1 heterocycles. The molecule has 0 fully saturated rings. The van der Waals surface area contributed by atoms with Crippen LogP contribution in [0.3, 0.4) is 0 Å². The Morgan fingerprint density at radius 2 is 1.75 bits per heavy atom. The third-order valence-corrected chi connectivity index (χ3v) is 5.24. The van der Waals surface area contributed by atoms with Gasteiger partial charge in [0, 0.05) is 4.47 Å². The van der Waals surface area contributed by atoms with Crippen LogP contribution in [0, 0.1) is 20.8 Å². The lowest BCUT2D eigenvalue weighted by Crippen LogP contribution is -2.14. The molecule has 0 radical (unpaired) electrons. The highest BCUT2D eigenvalue weighted by Crippen LogP contribution is 2.20. The number of hydrogen-bond acceptors (Lipinski definition) is 3. The molecule has 0 saturated heterocycles. The molecule has 20 heavy (non-hydrogen) atoms. The number of anilines is 1. The first-order valence-electron chi connectivity index (χ1n) is 6.03. The lowest BCUT2D eigenvalue weighted by Gasteiger charge is -2.10. The van der Waals surface area contributed by atoms with Gasteiger partial charge in [0.15, 0.2) is 0 Å². The van der Waals surface area contributed by atoms with Crippen molar-refractivity contribution in [2.24, 2.45) is 0 Å². The van der Waals surface area contributed by atoms with Crippen molar-refractivity contribution in [3.05, 3.63) is 51.6 Å². The summed E-state index contributed by atoms with van der Waals surface area (Å²) in [6, 6.07) is 8.43. The predicted molar refractivity (Wildman–Crippen MR) is 83.4 cm³/mol. The summed E-state index contributed by atoms with van der Waals surface area (Å²) < 4.78 is 27.9. The number of hydrogen-bond donors (Lipinski definition) is 1. The molecule has 0 amide bonds. The van der Waals surface area contributed by atoms with Gasteiger partial charge in [-0.25, -0.2) is 13.4 Å². The van der Waals surface area contributed by atoms with Crippen LogP contribution in [0.4, 0.5) is 5.82 Å². The van der Waals surface area contributed by atoms with Crippen molar-refractivity contribution in [3.8, 4) is 0 Å². The fourth-order valence-corrected chi connectivity index (χ4v) is 2.99. The molecule has 0 bridgehead atoms. The maximum absolute atomic E-state index is 12.3. The average Bonchev–Trinajstić information content (AvgIpc) is 2.37. The molecule has 6 heteroatoms. The highest BCUT2D eigenvalue weighted by molar-refractivity contribution is 9.10. The SMILES string of the molecule is Cc1ccc(S(=O)(=O)Nc2ccc(Br)c(C)n2)cc1C. The van der Waals surface area contributed by atoms with Crippen LogP contribution in [-0.2, 0) is 10.0 Å². The Hall–Kier alpha value is -1.40. The maximum Gasteiger partial charge on any atom is 0.263 e. The van der Waals surface area contributed by atoms with E-state index in [0.29, 0.717) is 5.82 Å². The van der Waals surface area contributed by atoms with Crippen molar-refractivity contribution < 1.29 is 8.42 Å². The third kappa shape index (κ3) is 3.19. The number of aromatic nitrogens is 1. The first-order chi connectivity index (χ1) is 9.29. The van der Waals surface area contributed by atoms with Crippen LogP contribution < -0.4 is 4.72 Å². The topological polar surface area (TPSA) is 59.1 Å². The fourth-order valence-electron chi connectivity index (χ4n) is 1.68. The number of sulfonamides is 1. The van der Waals surface area contributed by atoms with E-state index >= 15 is 0 Å². The van der Waals surface area contributed by atoms with Gasteiger partial charge in [-0.3, -0.25) is 4.72 Å². The van der Waals surface area contributed by atoms with Crippen molar-refractivity contribution in [3.63, 3.8) is 0 Å². The molecule has 0 saturated carbocycles. The Kier molecular flexibility index (Phi) is 4.15. The van der Waals surface area contributed by atoms with Crippen LogP contribution in [0.5, 0.6) is 0 Å². The van der Waals surface area contributed by atoms with Gasteiger partial charge in [0.05, 0.1) is 10.6 Å². The zero-order valence-corrected chi connectivity index (χ0v) is 13.8. The fraction of sp³-hybridized carbons (Fsp3) is 0.214. The molecule has 0 spiro atoms. The second-order valence-electron chi connectivity index (χ2n) is 4.62. The highest BCUT2D eigenvalue weighted by Gasteiger charge is 2.15. The Labute approximate surface area is 127 Å². The molecule has 106 valence electrons. The Balaban J connectivity index is 2.35. The summed E-state index contributed by atoms with van der Waals surface area (Å²) in [6.45, 7) is 5.63. The van der Waals surface area contributed by atoms with Crippen LogP contribution in [-0.4, -0.2) is 13.4 Å². The highest BCUT2D eigenvalue weighted by atomic mass is 79.9. The Morgan fingerprint density at radius 3 is 2.35 bits per heavy atom. The number of nitrogens with zero attached hydrogens (tertiary/aromatic N) is 1. The summed E-state index contributed by atoms with van der Waals surface area (Å²) in [5, 5.41) is 0. The minimum atomic E-state index is -3.61. The standard InChI is InChI=1S/C14H15BrN2O2S/c1-9-4-5-12(8-10(9)2)20(18,19)17-14-7-6-13(15)11(3)16-14/h4-8H,1-3H3,(H,16,17). The quantitative estimate of drug-likeness (QED) is 0.916. The largest absolute Gasteiger partial charge is 0.263 e. The van der Waals surface area contributed by atoms with Crippen molar-refractivity contribution in [2.45, 2.75) is 25.7 Å². The van der Waals surface area contributed by atoms with Gasteiger partial charge in [0.2, 0.25) is 0 Å². The molecule has 0 atom stereocenters. The second kappa shape index (κ2) is 5.54. The smallest absolute Gasteiger partial charge is 0.263 e. The zero-order chi connectivity index (χ0) is 14.9. The van der Waals surface area contributed by atoms with Crippen molar-refractivity contribution >= 4 is 31.8 Å². The van der Waals surface area contributed by atoms with Crippen molar-refractivity contribution in [1.29, 1.82) is 0 Å². The minimum absolute atomic E-state index is 0.239. The zero-order valence-electron chi connectivity index (χ0n) is 11.4. The predicted octanol–water partition coefficient (Wildman–Crippen LogP) is 3.57. The number of aryl methyl sites for hydroxylation is 3. The van der Waals surface area contributed by atoms with E-state index in [2.05, 4.69) is 25.6 Å². The van der Waals surface area contributed by atoms with E-state index in [1.165, 1.54) is 0 Å². The van der Waals surface area contributed by atoms with Crippen LogP contribution in [0.15, 0.2) is 39.7 Å². The molecular formula is C14H15BrN2O2S. The molecule has 0 unspecified atom stereocenters. The van der Waals surface area contributed by atoms with E-state index in [4.69, 9.17) is 0 Å². The summed E-state index contributed by atoms with van der Waals surface area (Å²) in [5.74, 6) is 0.309. The number of benzene rings is 1. The van der Waals surface area contributed by atoms with Gasteiger partial charge in [-0.2, -0.15) is 0 Å². The molecule has 0 aliphatic rings. The van der Waals surface area contributed by atoms with Gasteiger partial charge >= 0.3 is 0 Å². The van der Waals surface area contributed by atoms with E-state index < -0.39 is 10.0 Å². The van der Waals surface area contributed by atoms with Crippen LogP contribution in [0.25, 0.3) is 0 Å². The minimum Gasteiger partial charge on any atom is -0.263 e. The maximum atomic E-state index is 12.3. The lowest BCUT2D eigenvalue weighted by molar-refractivity contribution is 0.601. The van der Waals surface area contributed by atoms with Gasteiger partial charge < -0.3 is 0 Å². The lowest BCUT2D eigenvalue weighted by atomic mass is 10.1. The van der Waals surface area contributed by atoms with Gasteiger partial charge in [0.1, 0.15) is 5.82 Å². The van der Waals surface area contributed by atoms with E-state index in [-0.39, 0.29) is 4.90 Å². The van der Waals surface area contributed by atoms with E-state index in [9.17, 15) is 8.42 Å². The van der Waals surface area contributed by atoms with Gasteiger partial charge in [-0.1, -0.05) is 6.07 Å². The van der Waals surface area contributed by atoms with Crippen molar-refractivity contribution in [1.82, 2.24) is 4.98 Å². The molecule has 4 nitrogen and oxygen atoms in total. The Bertz CT molecular complexity index is 758. The van der Waals surface area contributed by atoms with Gasteiger partial charge in [-0.15, -0.1) is 0 Å². The third-order valence-electron chi connectivity index (χ3n) is 3.05. The van der Waals surface area contributed by atoms with Gasteiger partial charge in [-0.05, 0) is 72.1 Å². The summed E-state index contributed by atoms with van der Waals surface area (Å²) in [6.07, 6.45) is 0. The van der Waals surface area contributed by atoms with Crippen LogP contribution in [0.1, 0.15) is 16.8 Å². The molecule has 0 aliphatic heterocycles. The average molecular weight is 355 g/mol. The number of nitrogens with one attached hydrogen (secondary N) is 1. The number of halogens is 1. The van der Waals surface area contributed by atoms with E-state index in [0.717, 1.165) is 21.3 Å².